The maximum absolute atomic E-state index is 12.2. The largest absolute Gasteiger partial charge is 0.370 e. The number of hydrogen-bond acceptors (Lipinski definition) is 4. The van der Waals surface area contributed by atoms with E-state index in [1.165, 1.54) is 16.9 Å². The second-order valence-corrected chi connectivity index (χ2v) is 7.65. The number of ether oxygens (including phenoxy) is 1. The van der Waals surface area contributed by atoms with Crippen molar-refractivity contribution in [2.75, 3.05) is 26.2 Å². The van der Waals surface area contributed by atoms with Crippen molar-refractivity contribution < 1.29 is 9.53 Å². The van der Waals surface area contributed by atoms with Gasteiger partial charge in [0.25, 0.3) is 0 Å². The smallest absolute Gasteiger partial charge is 0.174 e. The number of benzene rings is 1. The predicted octanol–water partition coefficient (Wildman–Crippen LogP) is 5.16. The lowest BCUT2D eigenvalue weighted by Gasteiger charge is -2.42. The number of piperidine rings is 1. The molecule has 0 unspecified atom stereocenters. The second kappa shape index (κ2) is 10.2. The van der Waals surface area contributed by atoms with Crippen molar-refractivity contribution in [1.29, 1.82) is 0 Å². The molecule has 2 heterocycles. The predicted molar refractivity (Wildman–Crippen MR) is 111 cm³/mol. The van der Waals surface area contributed by atoms with E-state index in [0.29, 0.717) is 6.42 Å². The highest BCUT2D eigenvalue weighted by atomic mass is 35.5. The molecule has 142 valence electrons. The number of thiophene rings is 1. The molecule has 0 saturated carbocycles. The molecule has 0 N–H and O–H groups in total. The summed E-state index contributed by atoms with van der Waals surface area (Å²) in [5.74, 6) is 0.261. The van der Waals surface area contributed by atoms with Crippen LogP contribution in [0.4, 0.5) is 0 Å². The first-order chi connectivity index (χ1) is 12.2. The molecule has 1 aliphatic heterocycles. The number of likely N-dealkylation sites (tertiary alicyclic amines) is 1. The van der Waals surface area contributed by atoms with E-state index >= 15 is 0 Å². The lowest BCUT2D eigenvalue weighted by molar-refractivity contribution is -0.0895. The minimum atomic E-state index is -0.161. The van der Waals surface area contributed by atoms with Crippen molar-refractivity contribution in [3.05, 3.63) is 58.3 Å². The van der Waals surface area contributed by atoms with Crippen LogP contribution in [0.25, 0.3) is 0 Å². The number of ketones is 1. The molecule has 0 amide bonds. The van der Waals surface area contributed by atoms with Crippen LogP contribution in [-0.4, -0.2) is 36.9 Å². The maximum Gasteiger partial charge on any atom is 0.174 e. The van der Waals surface area contributed by atoms with E-state index in [0.717, 1.165) is 50.4 Å². The van der Waals surface area contributed by atoms with Gasteiger partial charge in [0, 0.05) is 32.7 Å². The average Bonchev–Trinajstić information content (AvgIpc) is 3.21. The molecule has 0 radical (unpaired) electrons. The van der Waals surface area contributed by atoms with Crippen LogP contribution in [0, 0.1) is 0 Å². The molecule has 1 aliphatic rings. The summed E-state index contributed by atoms with van der Waals surface area (Å²) in [6.45, 7) is 5.76. The van der Waals surface area contributed by atoms with Crippen molar-refractivity contribution in [3.8, 4) is 0 Å². The molecule has 0 atom stereocenters. The van der Waals surface area contributed by atoms with E-state index in [1.807, 2.05) is 17.5 Å². The highest BCUT2D eigenvalue weighted by Crippen LogP contribution is 2.37. The van der Waals surface area contributed by atoms with Crippen molar-refractivity contribution in [3.63, 3.8) is 0 Å². The summed E-state index contributed by atoms with van der Waals surface area (Å²) in [4.78, 5) is 15.5. The Labute approximate surface area is 166 Å². The van der Waals surface area contributed by atoms with E-state index in [-0.39, 0.29) is 23.8 Å². The second-order valence-electron chi connectivity index (χ2n) is 6.70. The molecule has 1 aromatic heterocycles. The Balaban J connectivity index is 0.00000243. The van der Waals surface area contributed by atoms with Crippen molar-refractivity contribution in [2.45, 2.75) is 38.2 Å². The van der Waals surface area contributed by atoms with Crippen LogP contribution in [0.3, 0.4) is 0 Å². The van der Waals surface area contributed by atoms with Gasteiger partial charge in [-0.1, -0.05) is 43.3 Å². The van der Waals surface area contributed by atoms with Gasteiger partial charge in [-0.15, -0.1) is 23.7 Å². The van der Waals surface area contributed by atoms with Gasteiger partial charge < -0.3 is 9.64 Å². The molecule has 0 spiro atoms. The third-order valence-electron chi connectivity index (χ3n) is 5.00. The van der Waals surface area contributed by atoms with Gasteiger partial charge in [-0.05, 0) is 36.3 Å². The number of nitrogens with zero attached hydrogens (tertiary/aromatic N) is 1. The Hall–Kier alpha value is -1.20. The Bertz CT molecular complexity index is 652. The summed E-state index contributed by atoms with van der Waals surface area (Å²) in [5, 5.41) is 1.97. The first kappa shape index (κ1) is 21.1. The zero-order chi connectivity index (χ0) is 17.5. The first-order valence-electron chi connectivity index (χ1n) is 9.22. The molecular weight excluding hydrogens is 366 g/mol. The standard InChI is InChI=1S/C21H27NO2S.ClH/c1-2-16-24-21(18-7-4-3-5-8-18)11-14-22(15-12-21)13-10-19(23)20-9-6-17-25-20;/h3-9,17H,2,10-16H2,1H3;1H. The third-order valence-corrected chi connectivity index (χ3v) is 5.91. The van der Waals surface area contributed by atoms with Crippen LogP contribution >= 0.6 is 23.7 Å². The molecule has 1 saturated heterocycles. The van der Waals surface area contributed by atoms with Crippen LogP contribution in [-0.2, 0) is 10.3 Å². The minimum Gasteiger partial charge on any atom is -0.370 e. The van der Waals surface area contributed by atoms with Gasteiger partial charge >= 0.3 is 0 Å². The third kappa shape index (κ3) is 5.17. The van der Waals surface area contributed by atoms with Crippen LogP contribution in [0.2, 0.25) is 0 Å². The fraction of sp³-hybridized carbons (Fsp3) is 0.476. The molecule has 3 rings (SSSR count). The summed E-state index contributed by atoms with van der Waals surface area (Å²) in [6, 6.07) is 14.5. The zero-order valence-electron chi connectivity index (χ0n) is 15.4. The van der Waals surface area contributed by atoms with Gasteiger partial charge in [0.1, 0.15) is 0 Å². The molecule has 1 aromatic carbocycles. The van der Waals surface area contributed by atoms with E-state index in [4.69, 9.17) is 4.74 Å². The Kier molecular flexibility index (Phi) is 8.29. The maximum atomic E-state index is 12.2. The number of rotatable bonds is 8. The quantitative estimate of drug-likeness (QED) is 0.580. The number of hydrogen-bond donors (Lipinski definition) is 0. The monoisotopic (exact) mass is 393 g/mol. The van der Waals surface area contributed by atoms with E-state index in [9.17, 15) is 4.79 Å². The van der Waals surface area contributed by atoms with Crippen molar-refractivity contribution in [1.82, 2.24) is 4.90 Å². The van der Waals surface area contributed by atoms with Crippen molar-refractivity contribution in [2.24, 2.45) is 0 Å². The summed E-state index contributed by atoms with van der Waals surface area (Å²) >= 11 is 1.54. The Morgan fingerprint density at radius 1 is 1.15 bits per heavy atom. The summed E-state index contributed by atoms with van der Waals surface area (Å²) < 4.78 is 6.35. The van der Waals surface area contributed by atoms with Crippen LogP contribution in [0.1, 0.15) is 47.8 Å². The number of halogens is 1. The fourth-order valence-corrected chi connectivity index (χ4v) is 4.21. The van der Waals surface area contributed by atoms with Crippen LogP contribution in [0.15, 0.2) is 47.8 Å². The SMILES string of the molecule is CCCOC1(c2ccccc2)CCN(CCC(=O)c2cccs2)CC1.Cl. The number of carbonyl (C=O) groups is 1. The molecule has 1 fully saturated rings. The molecule has 2 aromatic rings. The van der Waals surface area contributed by atoms with Crippen LogP contribution in [0.5, 0.6) is 0 Å². The molecule has 0 aliphatic carbocycles. The van der Waals surface area contributed by atoms with Gasteiger partial charge in [-0.2, -0.15) is 0 Å². The number of Topliss-reactive ketones (excluding diaryl/α,β-unsaturated/α-hetero) is 1. The highest BCUT2D eigenvalue weighted by Gasteiger charge is 2.36. The fourth-order valence-electron chi connectivity index (χ4n) is 3.51. The normalized spacial score (nSPS) is 16.8. The van der Waals surface area contributed by atoms with E-state index in [2.05, 4.69) is 42.2 Å². The summed E-state index contributed by atoms with van der Waals surface area (Å²) in [7, 11) is 0. The van der Waals surface area contributed by atoms with Gasteiger partial charge in [-0.25, -0.2) is 0 Å². The van der Waals surface area contributed by atoms with Crippen LogP contribution < -0.4 is 0 Å². The van der Waals surface area contributed by atoms with E-state index < -0.39 is 0 Å². The van der Waals surface area contributed by atoms with Gasteiger partial charge in [-0.3, -0.25) is 4.79 Å². The minimum absolute atomic E-state index is 0. The molecule has 3 nitrogen and oxygen atoms in total. The van der Waals surface area contributed by atoms with E-state index in [1.54, 1.807) is 0 Å². The highest BCUT2D eigenvalue weighted by molar-refractivity contribution is 7.12. The molecular formula is C21H28ClNO2S. The summed E-state index contributed by atoms with van der Waals surface area (Å²) in [6.07, 6.45) is 3.62. The number of carbonyl (C=O) groups excluding carboxylic acids is 1. The molecule has 0 bridgehead atoms. The molecule has 5 heteroatoms. The van der Waals surface area contributed by atoms with Crippen molar-refractivity contribution >= 4 is 29.5 Å². The Morgan fingerprint density at radius 3 is 2.50 bits per heavy atom. The lowest BCUT2D eigenvalue weighted by atomic mass is 9.84. The Morgan fingerprint density at radius 2 is 1.88 bits per heavy atom. The zero-order valence-corrected chi connectivity index (χ0v) is 17.0. The first-order valence-corrected chi connectivity index (χ1v) is 10.1. The molecule has 26 heavy (non-hydrogen) atoms. The average molecular weight is 394 g/mol. The van der Waals surface area contributed by atoms with Gasteiger partial charge in [0.15, 0.2) is 5.78 Å². The van der Waals surface area contributed by atoms with Gasteiger partial charge in [0.2, 0.25) is 0 Å². The van der Waals surface area contributed by atoms with Gasteiger partial charge in [0.05, 0.1) is 10.5 Å². The lowest BCUT2D eigenvalue weighted by Crippen LogP contribution is -2.45. The topological polar surface area (TPSA) is 29.5 Å². The summed E-state index contributed by atoms with van der Waals surface area (Å²) in [5.41, 5.74) is 1.13.